The number of hydrogen-bond donors (Lipinski definition) is 1. The fourth-order valence-electron chi connectivity index (χ4n) is 2.88. The molecule has 0 fully saturated rings. The quantitative estimate of drug-likeness (QED) is 0.779. The third-order valence-electron chi connectivity index (χ3n) is 4.28. The van der Waals surface area contributed by atoms with E-state index in [1.165, 1.54) is 35.4 Å². The lowest BCUT2D eigenvalue weighted by molar-refractivity contribution is -0.128. The van der Waals surface area contributed by atoms with Gasteiger partial charge < -0.3 is 10.1 Å². The Morgan fingerprint density at radius 3 is 2.32 bits per heavy atom. The van der Waals surface area contributed by atoms with E-state index in [1.807, 2.05) is 13.8 Å². The lowest BCUT2D eigenvalue weighted by Crippen LogP contribution is -2.40. The van der Waals surface area contributed by atoms with Gasteiger partial charge in [-0.2, -0.15) is 0 Å². The Kier molecular flexibility index (Phi) is 6.57. The van der Waals surface area contributed by atoms with Crippen LogP contribution >= 0.6 is 0 Å². The fraction of sp³-hybridized carbons (Fsp3) is 0.381. The molecule has 0 heterocycles. The Labute approximate surface area is 149 Å². The van der Waals surface area contributed by atoms with E-state index in [-0.39, 0.29) is 17.8 Å². The van der Waals surface area contributed by atoms with Crippen molar-refractivity contribution < 1.29 is 13.9 Å². The van der Waals surface area contributed by atoms with Crippen molar-refractivity contribution in [2.24, 2.45) is 0 Å². The van der Waals surface area contributed by atoms with Crippen LogP contribution in [0, 0.1) is 19.7 Å². The largest absolute Gasteiger partial charge is 0.481 e. The van der Waals surface area contributed by atoms with Gasteiger partial charge >= 0.3 is 0 Å². The van der Waals surface area contributed by atoms with Crippen LogP contribution in [0.25, 0.3) is 0 Å². The molecule has 134 valence electrons. The predicted octanol–water partition coefficient (Wildman–Crippen LogP) is 4.87. The van der Waals surface area contributed by atoms with Crippen LogP contribution in [0.4, 0.5) is 4.39 Å². The van der Waals surface area contributed by atoms with E-state index < -0.39 is 6.10 Å². The third-order valence-corrected chi connectivity index (χ3v) is 4.28. The first-order chi connectivity index (χ1) is 11.9. The van der Waals surface area contributed by atoms with Gasteiger partial charge in [-0.05, 0) is 62.1 Å². The van der Waals surface area contributed by atoms with Gasteiger partial charge in [-0.3, -0.25) is 4.79 Å². The van der Waals surface area contributed by atoms with Gasteiger partial charge in [0.15, 0.2) is 6.10 Å². The van der Waals surface area contributed by atoms with Gasteiger partial charge in [0.2, 0.25) is 0 Å². The summed E-state index contributed by atoms with van der Waals surface area (Å²) in [7, 11) is 0. The van der Waals surface area contributed by atoms with Crippen molar-refractivity contribution in [2.75, 3.05) is 0 Å². The topological polar surface area (TPSA) is 38.3 Å². The van der Waals surface area contributed by atoms with Crippen LogP contribution in [-0.2, 0) is 4.79 Å². The van der Waals surface area contributed by atoms with Gasteiger partial charge in [0.25, 0.3) is 5.91 Å². The number of hydrogen-bond acceptors (Lipinski definition) is 2. The number of aryl methyl sites for hydroxylation is 2. The predicted molar refractivity (Wildman–Crippen MR) is 98.2 cm³/mol. The van der Waals surface area contributed by atoms with E-state index in [4.69, 9.17) is 4.74 Å². The number of amides is 1. The van der Waals surface area contributed by atoms with E-state index >= 15 is 0 Å². The first-order valence-corrected chi connectivity index (χ1v) is 8.74. The van der Waals surface area contributed by atoms with E-state index in [1.54, 1.807) is 0 Å². The Hall–Kier alpha value is -2.36. The van der Waals surface area contributed by atoms with Gasteiger partial charge in [-0.15, -0.1) is 0 Å². The van der Waals surface area contributed by atoms with Gasteiger partial charge in [-0.25, -0.2) is 4.39 Å². The molecule has 2 aromatic rings. The molecule has 25 heavy (non-hydrogen) atoms. The molecule has 0 unspecified atom stereocenters. The van der Waals surface area contributed by atoms with Gasteiger partial charge in [0.1, 0.15) is 11.6 Å². The molecular weight excluding hydrogens is 317 g/mol. The fourth-order valence-corrected chi connectivity index (χ4v) is 2.88. The summed E-state index contributed by atoms with van der Waals surface area (Å²) in [5.74, 6) is 0.00681. The van der Waals surface area contributed by atoms with E-state index in [0.29, 0.717) is 12.2 Å². The summed E-state index contributed by atoms with van der Waals surface area (Å²) in [5, 5.41) is 3.09. The summed E-state index contributed by atoms with van der Waals surface area (Å²) in [5.41, 5.74) is 3.49. The number of carbonyl (C=O) groups is 1. The van der Waals surface area contributed by atoms with Crippen molar-refractivity contribution in [3.8, 4) is 5.75 Å². The highest BCUT2D eigenvalue weighted by atomic mass is 19.1. The highest BCUT2D eigenvalue weighted by molar-refractivity contribution is 5.81. The Bertz CT molecular complexity index is 712. The molecule has 1 amide bonds. The smallest absolute Gasteiger partial charge is 0.261 e. The minimum absolute atomic E-state index is 0.0565. The molecule has 0 aromatic heterocycles. The molecule has 2 rings (SSSR count). The van der Waals surface area contributed by atoms with Gasteiger partial charge in [0, 0.05) is 0 Å². The van der Waals surface area contributed by atoms with E-state index in [9.17, 15) is 9.18 Å². The zero-order chi connectivity index (χ0) is 18.4. The minimum Gasteiger partial charge on any atom is -0.481 e. The summed E-state index contributed by atoms with van der Waals surface area (Å²) in [6.07, 6.45) is 0.722. The number of benzene rings is 2. The van der Waals surface area contributed by atoms with Crippen LogP contribution < -0.4 is 10.1 Å². The second-order valence-corrected chi connectivity index (χ2v) is 6.30. The molecule has 2 atom stereocenters. The van der Waals surface area contributed by atoms with Crippen molar-refractivity contribution in [3.63, 3.8) is 0 Å². The average molecular weight is 343 g/mol. The first kappa shape index (κ1) is 19.0. The molecule has 0 aliphatic rings. The average Bonchev–Trinajstić information content (AvgIpc) is 2.59. The maximum atomic E-state index is 13.0. The van der Waals surface area contributed by atoms with Crippen molar-refractivity contribution >= 4 is 5.91 Å². The Morgan fingerprint density at radius 2 is 1.76 bits per heavy atom. The number of ether oxygens (including phenoxy) is 1. The van der Waals surface area contributed by atoms with Crippen LogP contribution in [0.1, 0.15) is 49.4 Å². The van der Waals surface area contributed by atoms with E-state index in [2.05, 4.69) is 37.4 Å². The molecule has 0 bridgehead atoms. The maximum Gasteiger partial charge on any atom is 0.261 e. The van der Waals surface area contributed by atoms with Crippen LogP contribution in [0.5, 0.6) is 5.75 Å². The molecule has 0 saturated heterocycles. The molecule has 0 aliphatic heterocycles. The molecule has 0 aliphatic carbocycles. The second kappa shape index (κ2) is 8.65. The Balaban J connectivity index is 2.09. The number of nitrogens with one attached hydrogen (secondary N) is 1. The van der Waals surface area contributed by atoms with E-state index in [0.717, 1.165) is 12.0 Å². The molecule has 1 N–H and O–H groups in total. The molecule has 4 heteroatoms. The van der Waals surface area contributed by atoms with Crippen molar-refractivity contribution in [1.82, 2.24) is 5.32 Å². The lowest BCUT2D eigenvalue weighted by atomic mass is 9.97. The number of halogens is 1. The maximum absolute atomic E-state index is 13.0. The first-order valence-electron chi connectivity index (χ1n) is 8.74. The molecule has 3 nitrogen and oxygen atoms in total. The normalized spacial score (nSPS) is 13.2. The summed E-state index contributed by atoms with van der Waals surface area (Å²) >= 11 is 0. The molecule has 0 spiro atoms. The van der Waals surface area contributed by atoms with Gasteiger partial charge in [-0.1, -0.05) is 37.6 Å². The highest BCUT2D eigenvalue weighted by Gasteiger charge is 2.22. The summed E-state index contributed by atoms with van der Waals surface area (Å²) < 4.78 is 18.7. The monoisotopic (exact) mass is 343 g/mol. The summed E-state index contributed by atoms with van der Waals surface area (Å²) in [6, 6.07) is 11.9. The molecule has 0 saturated carbocycles. The minimum atomic E-state index is -0.606. The van der Waals surface area contributed by atoms with Crippen LogP contribution in [0.15, 0.2) is 42.5 Å². The third kappa shape index (κ3) is 5.05. The highest BCUT2D eigenvalue weighted by Crippen LogP contribution is 2.22. The second-order valence-electron chi connectivity index (χ2n) is 6.30. The Morgan fingerprint density at radius 1 is 1.08 bits per heavy atom. The number of carbonyl (C=O) groups excluding carboxylic acids is 1. The SMILES string of the molecule is CC[C@H](Oc1ccc(F)cc1)C(=O)N[C@H](CC)c1ccc(C)cc1C. The summed E-state index contributed by atoms with van der Waals surface area (Å²) in [4.78, 5) is 12.7. The zero-order valence-electron chi connectivity index (χ0n) is 15.3. The van der Waals surface area contributed by atoms with Gasteiger partial charge in [0.05, 0.1) is 6.04 Å². The molecular formula is C21H26FNO2. The van der Waals surface area contributed by atoms with Crippen molar-refractivity contribution in [3.05, 3.63) is 65.0 Å². The van der Waals surface area contributed by atoms with Crippen LogP contribution in [0.3, 0.4) is 0 Å². The number of rotatable bonds is 7. The zero-order valence-corrected chi connectivity index (χ0v) is 15.3. The molecule has 0 radical (unpaired) electrons. The van der Waals surface area contributed by atoms with Crippen molar-refractivity contribution in [2.45, 2.75) is 52.7 Å². The lowest BCUT2D eigenvalue weighted by Gasteiger charge is -2.23. The van der Waals surface area contributed by atoms with Crippen LogP contribution in [-0.4, -0.2) is 12.0 Å². The van der Waals surface area contributed by atoms with Crippen molar-refractivity contribution in [1.29, 1.82) is 0 Å². The van der Waals surface area contributed by atoms with Crippen LogP contribution in [0.2, 0.25) is 0 Å². The molecule has 2 aromatic carbocycles. The standard InChI is InChI=1S/C21H26FNO2/c1-5-19(18-12-7-14(3)13-15(18)4)23-21(24)20(6-2)25-17-10-8-16(22)9-11-17/h7-13,19-20H,5-6H2,1-4H3,(H,23,24)/t19-,20+/m1/s1. The summed E-state index contributed by atoms with van der Waals surface area (Å²) in [6.45, 7) is 8.06.